The zero-order valence-corrected chi connectivity index (χ0v) is 18.3. The second kappa shape index (κ2) is 8.18. The topological polar surface area (TPSA) is 81.3 Å². The number of halogens is 2. The van der Waals surface area contributed by atoms with Crippen LogP contribution in [0.2, 0.25) is 0 Å². The van der Waals surface area contributed by atoms with Crippen molar-refractivity contribution in [2.24, 2.45) is 0 Å². The van der Waals surface area contributed by atoms with Gasteiger partial charge in [-0.25, -0.2) is 13.3 Å². The maximum Gasteiger partial charge on any atom is 0.296 e. The molecule has 5 aromatic rings. The van der Waals surface area contributed by atoms with Crippen LogP contribution >= 0.6 is 0 Å². The monoisotopic (exact) mass is 459 g/mol. The highest BCUT2D eigenvalue weighted by atomic mass is 19.2. The van der Waals surface area contributed by atoms with Gasteiger partial charge in [0.15, 0.2) is 11.6 Å². The van der Waals surface area contributed by atoms with Gasteiger partial charge < -0.3 is 5.32 Å². The van der Waals surface area contributed by atoms with Gasteiger partial charge in [-0.3, -0.25) is 14.2 Å². The summed E-state index contributed by atoms with van der Waals surface area (Å²) >= 11 is 0. The lowest BCUT2D eigenvalue weighted by Gasteiger charge is -2.13. The molecule has 5 rings (SSSR count). The van der Waals surface area contributed by atoms with E-state index in [4.69, 9.17) is 0 Å². The number of aryl methyl sites for hydroxylation is 2. The first-order valence-corrected chi connectivity index (χ1v) is 10.5. The fourth-order valence-electron chi connectivity index (χ4n) is 3.85. The first kappa shape index (κ1) is 21.4. The molecule has 0 aliphatic heterocycles. The van der Waals surface area contributed by atoms with E-state index in [1.807, 2.05) is 56.3 Å². The molecule has 2 aromatic heterocycles. The van der Waals surface area contributed by atoms with E-state index in [1.165, 1.54) is 10.6 Å². The summed E-state index contributed by atoms with van der Waals surface area (Å²) in [4.78, 5) is 30.4. The van der Waals surface area contributed by atoms with E-state index in [1.54, 1.807) is 4.57 Å². The Morgan fingerprint density at radius 1 is 0.971 bits per heavy atom. The third kappa shape index (κ3) is 3.71. The lowest BCUT2D eigenvalue weighted by Crippen LogP contribution is -2.24. The molecule has 0 saturated carbocycles. The number of hydrogen-bond acceptors (Lipinski definition) is 4. The van der Waals surface area contributed by atoms with Gasteiger partial charge in [0.2, 0.25) is 11.5 Å². The van der Waals surface area contributed by atoms with E-state index in [0.717, 1.165) is 28.8 Å². The Balaban J connectivity index is 1.64. The van der Waals surface area contributed by atoms with Crippen molar-refractivity contribution in [1.82, 2.24) is 19.2 Å². The Bertz CT molecular complexity index is 1660. The molecule has 0 bridgehead atoms. The number of hydrogen-bond donors (Lipinski definition) is 1. The van der Waals surface area contributed by atoms with Gasteiger partial charge in [-0.15, -0.1) is 5.10 Å². The Labute approximate surface area is 192 Å². The number of anilines is 1. The second-order valence-electron chi connectivity index (χ2n) is 8.06. The highest BCUT2D eigenvalue weighted by Crippen LogP contribution is 2.19. The fraction of sp³-hybridized carbons (Fsp3) is 0.120. The molecule has 0 unspecified atom stereocenters. The van der Waals surface area contributed by atoms with Crippen LogP contribution in [0.1, 0.15) is 27.3 Å². The summed E-state index contributed by atoms with van der Waals surface area (Å²) in [5.41, 5.74) is 3.87. The SMILES string of the molecule is Cc1ccc2c(c1)n(Cc1ccccc1C)c(=O)c1nc(C(=O)Nc3ccc(F)c(F)c3)nn12. The smallest absolute Gasteiger partial charge is 0.296 e. The lowest BCUT2D eigenvalue weighted by molar-refractivity contribution is 0.101. The Morgan fingerprint density at radius 3 is 2.53 bits per heavy atom. The molecular weight excluding hydrogens is 440 g/mol. The van der Waals surface area contributed by atoms with Crippen LogP contribution < -0.4 is 10.9 Å². The summed E-state index contributed by atoms with van der Waals surface area (Å²) in [6, 6.07) is 16.3. The van der Waals surface area contributed by atoms with Crippen LogP contribution in [0.5, 0.6) is 0 Å². The third-order valence-electron chi connectivity index (χ3n) is 5.66. The maximum absolute atomic E-state index is 13.5. The predicted molar refractivity (Wildman–Crippen MR) is 124 cm³/mol. The lowest BCUT2D eigenvalue weighted by atomic mass is 10.1. The molecule has 0 aliphatic rings. The summed E-state index contributed by atoms with van der Waals surface area (Å²) in [5.74, 6) is -3.14. The van der Waals surface area contributed by atoms with Crippen molar-refractivity contribution in [2.75, 3.05) is 5.32 Å². The van der Waals surface area contributed by atoms with Crippen molar-refractivity contribution in [2.45, 2.75) is 20.4 Å². The number of nitrogens with one attached hydrogen (secondary N) is 1. The van der Waals surface area contributed by atoms with Crippen LogP contribution in [0.4, 0.5) is 14.5 Å². The van der Waals surface area contributed by atoms with E-state index in [2.05, 4.69) is 15.4 Å². The zero-order chi connectivity index (χ0) is 24.0. The van der Waals surface area contributed by atoms with Gasteiger partial charge >= 0.3 is 0 Å². The molecular formula is C25H19F2N5O2. The highest BCUT2D eigenvalue weighted by Gasteiger charge is 2.20. The van der Waals surface area contributed by atoms with Crippen LogP contribution in [0.15, 0.2) is 65.5 Å². The van der Waals surface area contributed by atoms with Crippen LogP contribution in [-0.2, 0) is 6.54 Å². The van der Waals surface area contributed by atoms with Gasteiger partial charge in [0.25, 0.3) is 11.5 Å². The van der Waals surface area contributed by atoms with Crippen molar-refractivity contribution in [3.8, 4) is 0 Å². The molecule has 0 saturated heterocycles. The Kier molecular flexibility index (Phi) is 5.16. The molecule has 0 aliphatic carbocycles. The number of benzene rings is 3. The highest BCUT2D eigenvalue weighted by molar-refractivity contribution is 6.02. The minimum absolute atomic E-state index is 0.0135. The molecule has 0 atom stereocenters. The maximum atomic E-state index is 13.5. The van der Waals surface area contributed by atoms with E-state index in [-0.39, 0.29) is 17.2 Å². The largest absolute Gasteiger partial charge is 0.319 e. The van der Waals surface area contributed by atoms with Crippen molar-refractivity contribution in [3.05, 3.63) is 105 Å². The van der Waals surface area contributed by atoms with Crippen LogP contribution in [-0.4, -0.2) is 25.1 Å². The Hall–Kier alpha value is -4.40. The fourth-order valence-corrected chi connectivity index (χ4v) is 3.85. The van der Waals surface area contributed by atoms with Crippen molar-refractivity contribution in [3.63, 3.8) is 0 Å². The van der Waals surface area contributed by atoms with E-state index in [0.29, 0.717) is 17.6 Å². The van der Waals surface area contributed by atoms with Gasteiger partial charge in [0, 0.05) is 11.8 Å². The van der Waals surface area contributed by atoms with Crippen LogP contribution in [0.25, 0.3) is 16.7 Å². The summed E-state index contributed by atoms with van der Waals surface area (Å²) in [6.45, 7) is 4.23. The molecule has 1 N–H and O–H groups in total. The van der Waals surface area contributed by atoms with Crippen LogP contribution in [0, 0.1) is 25.5 Å². The second-order valence-corrected chi connectivity index (χ2v) is 8.06. The molecule has 2 heterocycles. The number of nitrogens with zero attached hydrogens (tertiary/aromatic N) is 4. The molecule has 1 amide bonds. The predicted octanol–water partition coefficient (Wildman–Crippen LogP) is 4.24. The standard InChI is InChI=1S/C25H19F2N5O2/c1-14-7-10-20-21(11-14)31(13-16-6-4-3-5-15(16)2)25(34)23-29-22(30-32(20)23)24(33)28-17-8-9-18(26)19(27)12-17/h3-12H,13H2,1-2H3,(H,28,33). The molecule has 34 heavy (non-hydrogen) atoms. The normalized spacial score (nSPS) is 11.3. The van der Waals surface area contributed by atoms with Gasteiger partial charge in [-0.2, -0.15) is 4.98 Å². The van der Waals surface area contributed by atoms with Crippen LogP contribution in [0.3, 0.4) is 0 Å². The number of aromatic nitrogens is 4. The van der Waals surface area contributed by atoms with Gasteiger partial charge in [-0.05, 0) is 54.8 Å². The third-order valence-corrected chi connectivity index (χ3v) is 5.66. The number of carbonyl (C=O) groups excluding carboxylic acids is 1. The molecule has 3 aromatic carbocycles. The van der Waals surface area contributed by atoms with Crippen molar-refractivity contribution < 1.29 is 13.6 Å². The number of carbonyl (C=O) groups is 1. The van der Waals surface area contributed by atoms with E-state index in [9.17, 15) is 18.4 Å². The first-order valence-electron chi connectivity index (χ1n) is 10.5. The first-order chi connectivity index (χ1) is 16.3. The quantitative estimate of drug-likeness (QED) is 0.436. The molecule has 0 radical (unpaired) electrons. The molecule has 9 heteroatoms. The number of fused-ring (bicyclic) bond motifs is 3. The Morgan fingerprint density at radius 2 is 1.76 bits per heavy atom. The van der Waals surface area contributed by atoms with Gasteiger partial charge in [-0.1, -0.05) is 30.3 Å². The average molecular weight is 459 g/mol. The summed E-state index contributed by atoms with van der Waals surface area (Å²) in [7, 11) is 0. The summed E-state index contributed by atoms with van der Waals surface area (Å²) in [6.07, 6.45) is 0. The average Bonchev–Trinajstić information content (AvgIpc) is 3.26. The molecule has 170 valence electrons. The van der Waals surface area contributed by atoms with Gasteiger partial charge in [0.05, 0.1) is 17.6 Å². The molecule has 0 fully saturated rings. The number of rotatable bonds is 4. The summed E-state index contributed by atoms with van der Waals surface area (Å²) in [5, 5.41) is 6.68. The van der Waals surface area contributed by atoms with Gasteiger partial charge in [0.1, 0.15) is 0 Å². The molecule has 7 nitrogen and oxygen atoms in total. The van der Waals surface area contributed by atoms with Crippen molar-refractivity contribution in [1.29, 1.82) is 0 Å². The minimum Gasteiger partial charge on any atom is -0.319 e. The van der Waals surface area contributed by atoms with E-state index < -0.39 is 23.1 Å². The van der Waals surface area contributed by atoms with Crippen molar-refractivity contribution >= 4 is 28.3 Å². The molecule has 0 spiro atoms. The zero-order valence-electron chi connectivity index (χ0n) is 18.3. The summed E-state index contributed by atoms with van der Waals surface area (Å²) < 4.78 is 29.6. The number of amides is 1. The van der Waals surface area contributed by atoms with E-state index >= 15 is 0 Å². The minimum atomic E-state index is -1.10.